The van der Waals surface area contributed by atoms with E-state index in [1.54, 1.807) is 11.0 Å². The van der Waals surface area contributed by atoms with Crippen LogP contribution in [0.4, 0.5) is 5.69 Å². The highest BCUT2D eigenvalue weighted by Gasteiger charge is 2.38. The van der Waals surface area contributed by atoms with Crippen LogP contribution in [0.2, 0.25) is 5.02 Å². The third kappa shape index (κ3) is 3.69. The molecule has 1 N–H and O–H groups in total. The van der Waals surface area contributed by atoms with Crippen molar-refractivity contribution >= 4 is 29.1 Å². The van der Waals surface area contributed by atoms with E-state index in [2.05, 4.69) is 5.32 Å². The van der Waals surface area contributed by atoms with Crippen LogP contribution in [0, 0.1) is 12.8 Å². The van der Waals surface area contributed by atoms with Gasteiger partial charge in [0, 0.05) is 17.3 Å². The number of halogens is 1. The number of nitrogens with zero attached hydrogens (tertiary/aromatic N) is 1. The van der Waals surface area contributed by atoms with Crippen LogP contribution in [0.25, 0.3) is 0 Å². The Bertz CT molecular complexity index is 792. The fourth-order valence-electron chi connectivity index (χ4n) is 3.07. The average molecular weight is 357 g/mol. The molecule has 1 aliphatic rings. The Morgan fingerprint density at radius 3 is 2.64 bits per heavy atom. The number of aryl methyl sites for hydroxylation is 1. The van der Waals surface area contributed by atoms with Crippen LogP contribution in [0.1, 0.15) is 30.5 Å². The first kappa shape index (κ1) is 17.5. The van der Waals surface area contributed by atoms with E-state index in [0.717, 1.165) is 16.8 Å². The fourth-order valence-corrected chi connectivity index (χ4v) is 3.24. The second-order valence-electron chi connectivity index (χ2n) is 6.41. The Hall–Kier alpha value is -2.33. The Labute approximate surface area is 152 Å². The highest BCUT2D eigenvalue weighted by Crippen LogP contribution is 2.29. The van der Waals surface area contributed by atoms with Crippen LogP contribution in [-0.2, 0) is 9.59 Å². The molecule has 1 fully saturated rings. The second-order valence-corrected chi connectivity index (χ2v) is 6.81. The summed E-state index contributed by atoms with van der Waals surface area (Å²) in [5.74, 6) is -1.04. The molecular weight excluding hydrogens is 336 g/mol. The van der Waals surface area contributed by atoms with Crippen LogP contribution in [0.15, 0.2) is 48.5 Å². The van der Waals surface area contributed by atoms with E-state index < -0.39 is 5.92 Å². The van der Waals surface area contributed by atoms with Gasteiger partial charge in [0.05, 0.1) is 6.04 Å². The molecule has 0 spiro atoms. The molecule has 2 aromatic carbocycles. The summed E-state index contributed by atoms with van der Waals surface area (Å²) in [7, 11) is 0. The molecule has 3 rings (SSSR count). The molecule has 130 valence electrons. The van der Waals surface area contributed by atoms with Crippen molar-refractivity contribution in [3.05, 3.63) is 64.7 Å². The van der Waals surface area contributed by atoms with Crippen LogP contribution in [0.5, 0.6) is 0 Å². The van der Waals surface area contributed by atoms with Crippen molar-refractivity contribution in [2.24, 2.45) is 5.92 Å². The van der Waals surface area contributed by atoms with Crippen molar-refractivity contribution in [1.29, 1.82) is 0 Å². The SMILES string of the molecule is Cc1ccc(N2CC[C@@H](C(=O)N[C@H](C)c3ccccc3)C2=O)cc1Cl. The molecule has 2 aromatic rings. The molecule has 1 aliphatic heterocycles. The highest BCUT2D eigenvalue weighted by molar-refractivity contribution is 6.31. The van der Waals surface area contributed by atoms with E-state index in [0.29, 0.717) is 18.0 Å². The zero-order valence-corrected chi connectivity index (χ0v) is 15.1. The van der Waals surface area contributed by atoms with Gasteiger partial charge in [-0.25, -0.2) is 0 Å². The van der Waals surface area contributed by atoms with Gasteiger partial charge in [-0.15, -0.1) is 0 Å². The van der Waals surface area contributed by atoms with E-state index in [1.807, 2.05) is 56.3 Å². The summed E-state index contributed by atoms with van der Waals surface area (Å²) >= 11 is 6.16. The lowest BCUT2D eigenvalue weighted by Crippen LogP contribution is -2.38. The normalized spacial score (nSPS) is 18.3. The molecule has 0 saturated carbocycles. The highest BCUT2D eigenvalue weighted by atomic mass is 35.5. The van der Waals surface area contributed by atoms with Gasteiger partial charge < -0.3 is 10.2 Å². The summed E-state index contributed by atoms with van der Waals surface area (Å²) < 4.78 is 0. The fraction of sp³-hybridized carbons (Fsp3) is 0.300. The topological polar surface area (TPSA) is 49.4 Å². The molecule has 1 heterocycles. The van der Waals surface area contributed by atoms with Gasteiger partial charge in [-0.05, 0) is 43.5 Å². The maximum atomic E-state index is 12.7. The third-order valence-electron chi connectivity index (χ3n) is 4.65. The monoisotopic (exact) mass is 356 g/mol. The molecule has 5 heteroatoms. The van der Waals surface area contributed by atoms with Gasteiger partial charge in [-0.3, -0.25) is 9.59 Å². The minimum Gasteiger partial charge on any atom is -0.349 e. The minimum atomic E-state index is -0.647. The molecule has 0 radical (unpaired) electrons. The smallest absolute Gasteiger partial charge is 0.239 e. The molecule has 0 aromatic heterocycles. The minimum absolute atomic E-state index is 0.135. The molecule has 2 atom stereocenters. The number of hydrogen-bond donors (Lipinski definition) is 1. The van der Waals surface area contributed by atoms with Gasteiger partial charge in [0.1, 0.15) is 5.92 Å². The predicted molar refractivity (Wildman–Crippen MR) is 99.6 cm³/mol. The van der Waals surface area contributed by atoms with Crippen molar-refractivity contribution in [1.82, 2.24) is 5.32 Å². The molecule has 0 bridgehead atoms. The van der Waals surface area contributed by atoms with Crippen molar-refractivity contribution in [2.45, 2.75) is 26.3 Å². The van der Waals surface area contributed by atoms with E-state index in [4.69, 9.17) is 11.6 Å². The zero-order valence-electron chi connectivity index (χ0n) is 14.3. The van der Waals surface area contributed by atoms with Crippen LogP contribution in [-0.4, -0.2) is 18.4 Å². The number of anilines is 1. The average Bonchev–Trinajstić information content (AvgIpc) is 2.99. The lowest BCUT2D eigenvalue weighted by molar-refractivity contribution is -0.132. The third-order valence-corrected chi connectivity index (χ3v) is 5.05. The number of amides is 2. The Morgan fingerprint density at radius 1 is 1.24 bits per heavy atom. The molecule has 1 saturated heterocycles. The van der Waals surface area contributed by atoms with Gasteiger partial charge >= 0.3 is 0 Å². The van der Waals surface area contributed by atoms with Gasteiger partial charge in [-0.1, -0.05) is 48.0 Å². The summed E-state index contributed by atoms with van der Waals surface area (Å²) in [5, 5.41) is 3.57. The first-order valence-electron chi connectivity index (χ1n) is 8.40. The Kier molecular flexibility index (Phi) is 5.09. The van der Waals surface area contributed by atoms with Crippen molar-refractivity contribution in [3.63, 3.8) is 0 Å². The lowest BCUT2D eigenvalue weighted by atomic mass is 10.0. The summed E-state index contributed by atoms with van der Waals surface area (Å²) in [6.45, 7) is 4.36. The van der Waals surface area contributed by atoms with Crippen molar-refractivity contribution in [2.75, 3.05) is 11.4 Å². The first-order valence-corrected chi connectivity index (χ1v) is 8.78. The predicted octanol–water partition coefficient (Wildman–Crippen LogP) is 3.88. The van der Waals surface area contributed by atoms with E-state index in [1.165, 1.54) is 0 Å². The number of hydrogen-bond acceptors (Lipinski definition) is 2. The van der Waals surface area contributed by atoms with Crippen LogP contribution >= 0.6 is 11.6 Å². The van der Waals surface area contributed by atoms with Crippen LogP contribution < -0.4 is 10.2 Å². The molecule has 4 nitrogen and oxygen atoms in total. The van der Waals surface area contributed by atoms with E-state index in [9.17, 15) is 9.59 Å². The molecule has 0 unspecified atom stereocenters. The second kappa shape index (κ2) is 7.28. The molecule has 2 amide bonds. The van der Waals surface area contributed by atoms with E-state index >= 15 is 0 Å². The first-order chi connectivity index (χ1) is 12.0. The molecule has 0 aliphatic carbocycles. The number of carbonyl (C=O) groups is 2. The lowest BCUT2D eigenvalue weighted by Gasteiger charge is -2.19. The standard InChI is InChI=1S/C20H21ClN2O2/c1-13-8-9-16(12-18(13)21)23-11-10-17(20(23)25)19(24)22-14(2)15-6-4-3-5-7-15/h3-9,12,14,17H,10-11H2,1-2H3,(H,22,24)/t14-,17+/m1/s1. The van der Waals surface area contributed by atoms with E-state index in [-0.39, 0.29) is 17.9 Å². The maximum absolute atomic E-state index is 12.7. The Morgan fingerprint density at radius 2 is 1.96 bits per heavy atom. The largest absolute Gasteiger partial charge is 0.349 e. The maximum Gasteiger partial charge on any atom is 0.239 e. The van der Waals surface area contributed by atoms with Crippen molar-refractivity contribution < 1.29 is 9.59 Å². The van der Waals surface area contributed by atoms with Gasteiger partial charge in [-0.2, -0.15) is 0 Å². The summed E-state index contributed by atoms with van der Waals surface area (Å²) in [5.41, 5.74) is 2.72. The zero-order chi connectivity index (χ0) is 18.0. The van der Waals surface area contributed by atoms with Gasteiger partial charge in [0.2, 0.25) is 11.8 Å². The summed E-state index contributed by atoms with van der Waals surface area (Å²) in [6.07, 6.45) is 0.512. The molecule has 25 heavy (non-hydrogen) atoms. The summed E-state index contributed by atoms with van der Waals surface area (Å²) in [4.78, 5) is 26.9. The number of rotatable bonds is 4. The summed E-state index contributed by atoms with van der Waals surface area (Å²) in [6, 6.07) is 15.1. The number of nitrogens with one attached hydrogen (secondary N) is 1. The quantitative estimate of drug-likeness (QED) is 0.845. The van der Waals surface area contributed by atoms with Crippen molar-refractivity contribution in [3.8, 4) is 0 Å². The molecular formula is C20H21ClN2O2. The number of benzene rings is 2. The Balaban J connectivity index is 1.69. The van der Waals surface area contributed by atoms with Gasteiger partial charge in [0.15, 0.2) is 0 Å². The number of carbonyl (C=O) groups excluding carboxylic acids is 2. The van der Waals surface area contributed by atoms with Gasteiger partial charge in [0.25, 0.3) is 0 Å². The van der Waals surface area contributed by atoms with Crippen LogP contribution in [0.3, 0.4) is 0 Å².